The van der Waals surface area contributed by atoms with Crippen LogP contribution in [0.5, 0.6) is 0 Å². The number of hydrogen-bond acceptors (Lipinski definition) is 1. The topological polar surface area (TPSA) is 26.0 Å². The van der Waals surface area contributed by atoms with Crippen molar-refractivity contribution in [3.63, 3.8) is 0 Å². The fraction of sp³-hybridized carbons (Fsp3) is 0.455. The summed E-state index contributed by atoms with van der Waals surface area (Å²) in [6.07, 6.45) is 0. The zero-order chi connectivity index (χ0) is 9.56. The molecule has 0 aliphatic carbocycles. The first-order chi connectivity index (χ1) is 5.70. The molecule has 0 spiro atoms. The minimum atomic E-state index is 0.653. The van der Waals surface area contributed by atoms with E-state index in [1.165, 1.54) is 18.2 Å². The van der Waals surface area contributed by atoms with Crippen molar-refractivity contribution in [1.82, 2.24) is 0 Å². The van der Waals surface area contributed by atoms with E-state index in [1.807, 2.05) is 0 Å². The van der Waals surface area contributed by atoms with Gasteiger partial charge in [0, 0.05) is 0 Å². The molecule has 2 N–H and O–H groups in total. The van der Waals surface area contributed by atoms with Crippen LogP contribution in [0.3, 0.4) is 0 Å². The molecule has 0 amide bonds. The van der Waals surface area contributed by atoms with Crippen molar-refractivity contribution >= 4 is 0 Å². The number of aryl methyl sites for hydroxylation is 1. The lowest BCUT2D eigenvalue weighted by Gasteiger charge is -2.03. The lowest BCUT2D eigenvalue weighted by atomic mass is 10.0. The van der Waals surface area contributed by atoms with Gasteiger partial charge in [0.15, 0.2) is 0 Å². The summed E-state index contributed by atoms with van der Waals surface area (Å²) in [5, 5.41) is 0. The summed E-state index contributed by atoms with van der Waals surface area (Å²) in [5.74, 6) is 0.653. The Hall–Kier alpha value is -0.820. The SMILES string of the molecule is CN.Cc1ccc(C(C)C)cc1. The molecule has 0 aliphatic rings. The Balaban J connectivity index is 0.000000561. The predicted molar refractivity (Wildman–Crippen MR) is 55.4 cm³/mol. The van der Waals surface area contributed by atoms with Gasteiger partial charge < -0.3 is 5.73 Å². The van der Waals surface area contributed by atoms with E-state index in [2.05, 4.69) is 50.8 Å². The van der Waals surface area contributed by atoms with Crippen LogP contribution < -0.4 is 5.73 Å². The molecule has 1 heteroatoms. The molecule has 0 fully saturated rings. The summed E-state index contributed by atoms with van der Waals surface area (Å²) in [7, 11) is 1.50. The molecule has 1 aromatic rings. The van der Waals surface area contributed by atoms with E-state index in [9.17, 15) is 0 Å². The third kappa shape index (κ3) is 3.54. The van der Waals surface area contributed by atoms with E-state index in [4.69, 9.17) is 0 Å². The van der Waals surface area contributed by atoms with Crippen molar-refractivity contribution in [1.29, 1.82) is 0 Å². The van der Waals surface area contributed by atoms with Gasteiger partial charge in [-0.15, -0.1) is 0 Å². The number of benzene rings is 1. The van der Waals surface area contributed by atoms with Gasteiger partial charge in [0.25, 0.3) is 0 Å². The third-order valence-electron chi connectivity index (χ3n) is 1.74. The van der Waals surface area contributed by atoms with Crippen molar-refractivity contribution in [2.45, 2.75) is 26.7 Å². The van der Waals surface area contributed by atoms with Crippen molar-refractivity contribution in [3.8, 4) is 0 Å². The molecule has 1 aromatic carbocycles. The second-order valence-corrected chi connectivity index (χ2v) is 3.07. The molecule has 1 nitrogen and oxygen atoms in total. The van der Waals surface area contributed by atoms with Gasteiger partial charge in [0.2, 0.25) is 0 Å². The minimum Gasteiger partial charge on any atom is -0.333 e. The second kappa shape index (κ2) is 5.78. The minimum absolute atomic E-state index is 0.653. The van der Waals surface area contributed by atoms with Crippen LogP contribution in [0.25, 0.3) is 0 Å². The van der Waals surface area contributed by atoms with Crippen LogP contribution in [0.15, 0.2) is 24.3 Å². The first-order valence-electron chi connectivity index (χ1n) is 4.34. The zero-order valence-electron chi connectivity index (χ0n) is 8.46. The number of nitrogens with two attached hydrogens (primary N) is 1. The van der Waals surface area contributed by atoms with Gasteiger partial charge in [0.05, 0.1) is 0 Å². The molecule has 0 aliphatic heterocycles. The van der Waals surface area contributed by atoms with Crippen LogP contribution in [-0.2, 0) is 0 Å². The normalized spacial score (nSPS) is 9.17. The largest absolute Gasteiger partial charge is 0.333 e. The van der Waals surface area contributed by atoms with Crippen LogP contribution in [0.4, 0.5) is 0 Å². The van der Waals surface area contributed by atoms with Gasteiger partial charge in [-0.3, -0.25) is 0 Å². The molecule has 12 heavy (non-hydrogen) atoms. The van der Waals surface area contributed by atoms with E-state index in [-0.39, 0.29) is 0 Å². The average molecular weight is 165 g/mol. The van der Waals surface area contributed by atoms with E-state index in [0.717, 1.165) is 0 Å². The highest BCUT2D eigenvalue weighted by Gasteiger charge is 1.95. The van der Waals surface area contributed by atoms with Crippen LogP contribution in [0.2, 0.25) is 0 Å². The highest BCUT2D eigenvalue weighted by atomic mass is 14.4. The molecule has 0 unspecified atom stereocenters. The molecule has 0 aromatic heterocycles. The first kappa shape index (κ1) is 11.2. The molecule has 68 valence electrons. The van der Waals surface area contributed by atoms with Crippen LogP contribution in [0.1, 0.15) is 30.9 Å². The predicted octanol–water partition coefficient (Wildman–Crippen LogP) is 2.69. The molecular weight excluding hydrogens is 146 g/mol. The maximum atomic E-state index is 4.50. The molecular formula is C11H19N. The number of rotatable bonds is 1. The maximum absolute atomic E-state index is 4.50. The van der Waals surface area contributed by atoms with Crippen LogP contribution >= 0.6 is 0 Å². The van der Waals surface area contributed by atoms with E-state index < -0.39 is 0 Å². The van der Waals surface area contributed by atoms with E-state index >= 15 is 0 Å². The molecule has 0 heterocycles. The summed E-state index contributed by atoms with van der Waals surface area (Å²) < 4.78 is 0. The second-order valence-electron chi connectivity index (χ2n) is 3.07. The standard InChI is InChI=1S/C10H14.CH5N/c1-8(2)10-6-4-9(3)5-7-10;1-2/h4-8H,1-3H3;2H2,1H3. The van der Waals surface area contributed by atoms with Gasteiger partial charge >= 0.3 is 0 Å². The monoisotopic (exact) mass is 165 g/mol. The Labute approximate surface area is 75.6 Å². The summed E-state index contributed by atoms with van der Waals surface area (Å²) in [6, 6.07) is 8.71. The molecule has 0 radical (unpaired) electrons. The Morgan fingerprint density at radius 1 is 1.00 bits per heavy atom. The Kier molecular flexibility index (Phi) is 5.39. The Bertz CT molecular complexity index is 199. The quantitative estimate of drug-likeness (QED) is 0.680. The highest BCUT2D eigenvalue weighted by Crippen LogP contribution is 2.13. The van der Waals surface area contributed by atoms with Crippen molar-refractivity contribution in [2.75, 3.05) is 7.05 Å². The molecule has 0 bridgehead atoms. The van der Waals surface area contributed by atoms with E-state index in [0.29, 0.717) is 5.92 Å². The van der Waals surface area contributed by atoms with Crippen molar-refractivity contribution in [3.05, 3.63) is 35.4 Å². The Morgan fingerprint density at radius 2 is 1.42 bits per heavy atom. The molecule has 0 atom stereocenters. The van der Waals surface area contributed by atoms with Gasteiger partial charge in [-0.1, -0.05) is 43.7 Å². The number of hydrogen-bond donors (Lipinski definition) is 1. The summed E-state index contributed by atoms with van der Waals surface area (Å²) in [4.78, 5) is 0. The fourth-order valence-corrected chi connectivity index (χ4v) is 0.951. The summed E-state index contributed by atoms with van der Waals surface area (Å²) >= 11 is 0. The van der Waals surface area contributed by atoms with Crippen LogP contribution in [-0.4, -0.2) is 7.05 Å². The van der Waals surface area contributed by atoms with Gasteiger partial charge in [-0.05, 0) is 25.5 Å². The van der Waals surface area contributed by atoms with Gasteiger partial charge in [0.1, 0.15) is 0 Å². The molecule has 0 saturated carbocycles. The van der Waals surface area contributed by atoms with Crippen molar-refractivity contribution in [2.24, 2.45) is 5.73 Å². The summed E-state index contributed by atoms with van der Waals surface area (Å²) in [5.41, 5.74) is 7.26. The fourth-order valence-electron chi connectivity index (χ4n) is 0.951. The van der Waals surface area contributed by atoms with Crippen molar-refractivity contribution < 1.29 is 0 Å². The maximum Gasteiger partial charge on any atom is -0.0195 e. The average Bonchev–Trinajstić information content (AvgIpc) is 2.09. The first-order valence-corrected chi connectivity index (χ1v) is 4.34. The zero-order valence-corrected chi connectivity index (χ0v) is 8.46. The lowest BCUT2D eigenvalue weighted by molar-refractivity contribution is 0.866. The highest BCUT2D eigenvalue weighted by molar-refractivity contribution is 5.23. The van der Waals surface area contributed by atoms with Crippen LogP contribution in [0, 0.1) is 6.92 Å². The van der Waals surface area contributed by atoms with Gasteiger partial charge in [-0.25, -0.2) is 0 Å². The lowest BCUT2D eigenvalue weighted by Crippen LogP contribution is -1.85. The van der Waals surface area contributed by atoms with E-state index in [1.54, 1.807) is 0 Å². The third-order valence-corrected chi connectivity index (χ3v) is 1.74. The Morgan fingerprint density at radius 3 is 1.75 bits per heavy atom. The smallest absolute Gasteiger partial charge is 0.0195 e. The summed E-state index contributed by atoms with van der Waals surface area (Å²) in [6.45, 7) is 6.54. The molecule has 1 rings (SSSR count). The molecule has 0 saturated heterocycles. The van der Waals surface area contributed by atoms with Gasteiger partial charge in [-0.2, -0.15) is 0 Å².